The standard InChI is InChI=1S/C16H22N2O5/c1-16(2,3)23-15(19)17-10-6-5-7-12-11-13(22-4)8-9-14(12)18(20)21/h5,7-9,11H,6,10H2,1-4H3,(H,17,19). The number of rotatable bonds is 6. The van der Waals surface area contributed by atoms with E-state index in [1.165, 1.54) is 13.2 Å². The van der Waals surface area contributed by atoms with Gasteiger partial charge in [0.1, 0.15) is 11.4 Å². The molecule has 0 heterocycles. The molecule has 0 aliphatic carbocycles. The van der Waals surface area contributed by atoms with Crippen molar-refractivity contribution in [3.05, 3.63) is 40.0 Å². The highest BCUT2D eigenvalue weighted by Gasteiger charge is 2.15. The number of methoxy groups -OCH3 is 1. The van der Waals surface area contributed by atoms with Crippen LogP contribution in [0.1, 0.15) is 32.8 Å². The van der Waals surface area contributed by atoms with Crippen LogP contribution in [0.3, 0.4) is 0 Å². The van der Waals surface area contributed by atoms with Crippen molar-refractivity contribution >= 4 is 17.9 Å². The minimum absolute atomic E-state index is 0.00199. The summed E-state index contributed by atoms with van der Waals surface area (Å²) in [4.78, 5) is 22.0. The first-order chi connectivity index (χ1) is 10.7. The van der Waals surface area contributed by atoms with E-state index in [1.54, 1.807) is 45.1 Å². The minimum Gasteiger partial charge on any atom is -0.497 e. The molecule has 7 heteroatoms. The second-order valence-electron chi connectivity index (χ2n) is 5.80. The van der Waals surface area contributed by atoms with E-state index in [2.05, 4.69) is 5.32 Å². The molecule has 0 saturated heterocycles. The molecular weight excluding hydrogens is 300 g/mol. The lowest BCUT2D eigenvalue weighted by molar-refractivity contribution is -0.385. The molecular formula is C16H22N2O5. The van der Waals surface area contributed by atoms with Gasteiger partial charge in [0.05, 0.1) is 17.6 Å². The number of amides is 1. The molecule has 0 aromatic heterocycles. The number of carbonyl (C=O) groups excluding carboxylic acids is 1. The molecule has 0 radical (unpaired) electrons. The van der Waals surface area contributed by atoms with Crippen molar-refractivity contribution < 1.29 is 19.2 Å². The SMILES string of the molecule is COc1ccc([N+](=O)[O-])c(C=CCCNC(=O)OC(C)(C)C)c1. The van der Waals surface area contributed by atoms with Crippen molar-refractivity contribution in [2.75, 3.05) is 13.7 Å². The molecule has 0 bridgehead atoms. The van der Waals surface area contributed by atoms with Crippen molar-refractivity contribution in [2.24, 2.45) is 0 Å². The van der Waals surface area contributed by atoms with Gasteiger partial charge in [-0.05, 0) is 39.3 Å². The second-order valence-corrected chi connectivity index (χ2v) is 5.80. The van der Waals surface area contributed by atoms with Crippen LogP contribution < -0.4 is 10.1 Å². The van der Waals surface area contributed by atoms with Gasteiger partial charge in [-0.1, -0.05) is 12.2 Å². The van der Waals surface area contributed by atoms with Gasteiger partial charge in [-0.25, -0.2) is 4.79 Å². The number of carbonyl (C=O) groups is 1. The Balaban J connectivity index is 2.58. The summed E-state index contributed by atoms with van der Waals surface area (Å²) in [6.45, 7) is 5.74. The van der Waals surface area contributed by atoms with Gasteiger partial charge in [-0.15, -0.1) is 0 Å². The van der Waals surface area contributed by atoms with Crippen LogP contribution in [0.25, 0.3) is 6.08 Å². The Morgan fingerprint density at radius 1 is 1.39 bits per heavy atom. The van der Waals surface area contributed by atoms with E-state index in [0.29, 0.717) is 24.3 Å². The minimum atomic E-state index is -0.541. The average Bonchev–Trinajstić information content (AvgIpc) is 2.44. The van der Waals surface area contributed by atoms with Crippen LogP contribution in [0.15, 0.2) is 24.3 Å². The van der Waals surface area contributed by atoms with E-state index < -0.39 is 16.6 Å². The summed E-state index contributed by atoms with van der Waals surface area (Å²) in [5, 5.41) is 13.6. The normalized spacial score (nSPS) is 11.3. The summed E-state index contributed by atoms with van der Waals surface area (Å²) >= 11 is 0. The van der Waals surface area contributed by atoms with Crippen LogP contribution >= 0.6 is 0 Å². The Labute approximate surface area is 135 Å². The molecule has 1 aromatic rings. The molecule has 0 atom stereocenters. The first-order valence-electron chi connectivity index (χ1n) is 7.19. The summed E-state index contributed by atoms with van der Waals surface area (Å²) in [6.07, 6.45) is 3.42. The summed E-state index contributed by atoms with van der Waals surface area (Å²) < 4.78 is 10.2. The molecule has 0 fully saturated rings. The van der Waals surface area contributed by atoms with Gasteiger partial charge < -0.3 is 14.8 Å². The molecule has 1 amide bonds. The van der Waals surface area contributed by atoms with E-state index >= 15 is 0 Å². The molecule has 0 saturated carbocycles. The Hall–Kier alpha value is -2.57. The van der Waals surface area contributed by atoms with Crippen molar-refractivity contribution in [3.8, 4) is 5.75 Å². The van der Waals surface area contributed by atoms with E-state index in [9.17, 15) is 14.9 Å². The summed E-state index contributed by atoms with van der Waals surface area (Å²) in [6, 6.07) is 4.53. The fourth-order valence-electron chi connectivity index (χ4n) is 1.74. The van der Waals surface area contributed by atoms with Gasteiger partial charge in [0, 0.05) is 12.6 Å². The fraction of sp³-hybridized carbons (Fsp3) is 0.438. The van der Waals surface area contributed by atoms with E-state index in [-0.39, 0.29) is 5.69 Å². The summed E-state index contributed by atoms with van der Waals surface area (Å²) in [5.74, 6) is 0.544. The molecule has 1 N–H and O–H groups in total. The number of hydrogen-bond acceptors (Lipinski definition) is 5. The maximum atomic E-state index is 11.5. The summed E-state index contributed by atoms with van der Waals surface area (Å²) in [7, 11) is 1.50. The average molecular weight is 322 g/mol. The highest BCUT2D eigenvalue weighted by Crippen LogP contribution is 2.25. The third-order valence-corrected chi connectivity index (χ3v) is 2.71. The van der Waals surface area contributed by atoms with Crippen molar-refractivity contribution in [2.45, 2.75) is 32.8 Å². The number of nitrogens with one attached hydrogen (secondary N) is 1. The maximum Gasteiger partial charge on any atom is 0.407 e. The predicted molar refractivity (Wildman–Crippen MR) is 87.5 cm³/mol. The zero-order chi connectivity index (χ0) is 17.5. The quantitative estimate of drug-likeness (QED) is 0.491. The largest absolute Gasteiger partial charge is 0.497 e. The van der Waals surface area contributed by atoms with Crippen molar-refractivity contribution in [1.82, 2.24) is 5.32 Å². The van der Waals surface area contributed by atoms with Crippen LogP contribution in [0.2, 0.25) is 0 Å². The number of benzene rings is 1. The van der Waals surface area contributed by atoms with Crippen LogP contribution in [0, 0.1) is 10.1 Å². The Kier molecular flexibility index (Phi) is 6.56. The number of nitro groups is 1. The van der Waals surface area contributed by atoms with E-state index in [4.69, 9.17) is 9.47 Å². The van der Waals surface area contributed by atoms with Crippen LogP contribution in [0.4, 0.5) is 10.5 Å². The molecule has 1 rings (SSSR count). The van der Waals surface area contributed by atoms with Crippen molar-refractivity contribution in [3.63, 3.8) is 0 Å². The maximum absolute atomic E-state index is 11.5. The predicted octanol–water partition coefficient (Wildman–Crippen LogP) is 3.53. The third kappa shape index (κ3) is 6.82. The van der Waals surface area contributed by atoms with Gasteiger partial charge >= 0.3 is 6.09 Å². The van der Waals surface area contributed by atoms with Gasteiger partial charge in [0.15, 0.2) is 0 Å². The number of alkyl carbamates (subject to hydrolysis) is 1. The molecule has 7 nitrogen and oxygen atoms in total. The molecule has 23 heavy (non-hydrogen) atoms. The topological polar surface area (TPSA) is 90.7 Å². The van der Waals surface area contributed by atoms with Crippen molar-refractivity contribution in [1.29, 1.82) is 0 Å². The highest BCUT2D eigenvalue weighted by atomic mass is 16.6. The fourth-order valence-corrected chi connectivity index (χ4v) is 1.74. The van der Waals surface area contributed by atoms with Crippen LogP contribution in [0.5, 0.6) is 5.75 Å². The van der Waals surface area contributed by atoms with Crippen LogP contribution in [-0.2, 0) is 4.74 Å². The van der Waals surface area contributed by atoms with Crippen LogP contribution in [-0.4, -0.2) is 30.3 Å². The lowest BCUT2D eigenvalue weighted by Gasteiger charge is -2.19. The van der Waals surface area contributed by atoms with Gasteiger partial charge in [0.2, 0.25) is 0 Å². The lowest BCUT2D eigenvalue weighted by atomic mass is 10.1. The number of nitrogens with zero attached hydrogens (tertiary/aromatic N) is 1. The zero-order valence-corrected chi connectivity index (χ0v) is 13.8. The zero-order valence-electron chi connectivity index (χ0n) is 13.8. The smallest absolute Gasteiger partial charge is 0.407 e. The molecule has 0 aliphatic rings. The second kappa shape index (κ2) is 8.17. The van der Waals surface area contributed by atoms with E-state index in [0.717, 1.165) is 0 Å². The molecule has 126 valence electrons. The lowest BCUT2D eigenvalue weighted by Crippen LogP contribution is -2.32. The summed E-state index contributed by atoms with van der Waals surface area (Å²) in [5.41, 5.74) is -0.0880. The number of ether oxygens (including phenoxy) is 2. The first kappa shape index (κ1) is 18.5. The molecule has 0 unspecified atom stereocenters. The van der Waals surface area contributed by atoms with E-state index in [1.807, 2.05) is 0 Å². The third-order valence-electron chi connectivity index (χ3n) is 2.71. The van der Waals surface area contributed by atoms with Gasteiger partial charge in [0.25, 0.3) is 5.69 Å². The number of hydrogen-bond donors (Lipinski definition) is 1. The Morgan fingerprint density at radius 3 is 2.65 bits per heavy atom. The molecule has 0 aliphatic heterocycles. The first-order valence-corrected chi connectivity index (χ1v) is 7.19. The Morgan fingerprint density at radius 2 is 2.09 bits per heavy atom. The van der Waals surface area contributed by atoms with Gasteiger partial charge in [-0.3, -0.25) is 10.1 Å². The molecule has 0 spiro atoms. The Bertz CT molecular complexity index is 591. The number of nitro benzene ring substituents is 1. The highest BCUT2D eigenvalue weighted by molar-refractivity contribution is 5.67. The van der Waals surface area contributed by atoms with Gasteiger partial charge in [-0.2, -0.15) is 0 Å². The monoisotopic (exact) mass is 322 g/mol. The molecule has 1 aromatic carbocycles.